The second-order valence-corrected chi connectivity index (χ2v) is 6.63. The van der Waals surface area contributed by atoms with Crippen molar-refractivity contribution in [3.8, 4) is 5.75 Å². The standard InChI is InChI=1S/C20H29N5O3.HI/c1-21-20(22-7-13-27-16-17-4-3-5-19(14-17)26-2)25-10-8-24(9-11-25)15-18-6-12-28-23-18;/h3-6,12,14H,7-11,13,15-16H2,1-2H3,(H,21,22);1H. The van der Waals surface area contributed by atoms with Crippen molar-refractivity contribution >= 4 is 29.9 Å². The van der Waals surface area contributed by atoms with Gasteiger partial charge in [-0.1, -0.05) is 17.3 Å². The van der Waals surface area contributed by atoms with Gasteiger partial charge in [0.2, 0.25) is 0 Å². The van der Waals surface area contributed by atoms with Gasteiger partial charge in [0.05, 0.1) is 26.0 Å². The van der Waals surface area contributed by atoms with Gasteiger partial charge in [-0.25, -0.2) is 0 Å². The minimum atomic E-state index is 0. The van der Waals surface area contributed by atoms with Crippen LogP contribution < -0.4 is 10.1 Å². The van der Waals surface area contributed by atoms with E-state index in [1.54, 1.807) is 13.4 Å². The molecule has 0 bridgehead atoms. The molecule has 1 aromatic heterocycles. The SMILES string of the molecule is CN=C(NCCOCc1cccc(OC)c1)N1CCN(Cc2ccon2)CC1.I. The Bertz CT molecular complexity index is 733. The molecule has 8 nitrogen and oxygen atoms in total. The smallest absolute Gasteiger partial charge is 0.193 e. The van der Waals surface area contributed by atoms with E-state index >= 15 is 0 Å². The number of nitrogens with zero attached hydrogens (tertiary/aromatic N) is 4. The van der Waals surface area contributed by atoms with Crippen LogP contribution in [0.5, 0.6) is 5.75 Å². The molecule has 9 heteroatoms. The molecule has 1 saturated heterocycles. The monoisotopic (exact) mass is 515 g/mol. The van der Waals surface area contributed by atoms with Crippen molar-refractivity contribution in [1.29, 1.82) is 0 Å². The maximum Gasteiger partial charge on any atom is 0.193 e. The van der Waals surface area contributed by atoms with Crippen molar-refractivity contribution < 1.29 is 14.0 Å². The van der Waals surface area contributed by atoms with Gasteiger partial charge in [-0.3, -0.25) is 9.89 Å². The summed E-state index contributed by atoms with van der Waals surface area (Å²) in [4.78, 5) is 9.06. The number of aliphatic imine (C=N–C) groups is 1. The van der Waals surface area contributed by atoms with E-state index in [0.717, 1.165) is 62.2 Å². The molecule has 3 rings (SSSR count). The second kappa shape index (κ2) is 12.7. The van der Waals surface area contributed by atoms with Crippen molar-refractivity contribution in [2.24, 2.45) is 4.99 Å². The number of ether oxygens (including phenoxy) is 2. The van der Waals surface area contributed by atoms with Crippen LogP contribution in [0, 0.1) is 0 Å². The number of hydrogen-bond donors (Lipinski definition) is 1. The van der Waals surface area contributed by atoms with Crippen LogP contribution >= 0.6 is 24.0 Å². The number of rotatable bonds is 8. The summed E-state index contributed by atoms with van der Waals surface area (Å²) in [5.74, 6) is 1.77. The minimum Gasteiger partial charge on any atom is -0.497 e. The molecule has 0 aliphatic carbocycles. The van der Waals surface area contributed by atoms with E-state index in [1.807, 2.05) is 37.4 Å². The predicted molar refractivity (Wildman–Crippen MR) is 123 cm³/mol. The summed E-state index contributed by atoms with van der Waals surface area (Å²) in [6.45, 7) is 6.54. The molecule has 0 atom stereocenters. The lowest BCUT2D eigenvalue weighted by atomic mass is 10.2. The van der Waals surface area contributed by atoms with Crippen molar-refractivity contribution in [2.75, 3.05) is 53.5 Å². The van der Waals surface area contributed by atoms with E-state index in [-0.39, 0.29) is 24.0 Å². The van der Waals surface area contributed by atoms with Crippen molar-refractivity contribution in [3.63, 3.8) is 0 Å². The summed E-state index contributed by atoms with van der Waals surface area (Å²) in [5.41, 5.74) is 2.08. The number of aromatic nitrogens is 1. The topological polar surface area (TPSA) is 75.4 Å². The van der Waals surface area contributed by atoms with Crippen LogP contribution in [0.4, 0.5) is 0 Å². The molecule has 0 radical (unpaired) electrons. The summed E-state index contributed by atoms with van der Waals surface area (Å²) in [7, 11) is 3.49. The number of benzene rings is 1. The Hall–Kier alpha value is -1.85. The van der Waals surface area contributed by atoms with Gasteiger partial charge in [-0.15, -0.1) is 24.0 Å². The molecular formula is C20H30IN5O3. The summed E-state index contributed by atoms with van der Waals surface area (Å²) in [6, 6.07) is 9.84. The maximum absolute atomic E-state index is 5.76. The Balaban J connectivity index is 0.00000300. The largest absolute Gasteiger partial charge is 0.497 e. The highest BCUT2D eigenvalue weighted by atomic mass is 127. The van der Waals surface area contributed by atoms with E-state index in [4.69, 9.17) is 14.0 Å². The second-order valence-electron chi connectivity index (χ2n) is 6.63. The molecule has 0 saturated carbocycles. The van der Waals surface area contributed by atoms with Gasteiger partial charge in [-0.2, -0.15) is 0 Å². The third kappa shape index (κ3) is 7.48. The quantitative estimate of drug-likeness (QED) is 0.250. The van der Waals surface area contributed by atoms with Crippen LogP contribution in [-0.4, -0.2) is 74.4 Å². The molecule has 1 aliphatic heterocycles. The van der Waals surface area contributed by atoms with Gasteiger partial charge in [0, 0.05) is 52.4 Å². The van der Waals surface area contributed by atoms with Crippen LogP contribution in [0.25, 0.3) is 0 Å². The number of hydrogen-bond acceptors (Lipinski definition) is 6. The molecule has 0 spiro atoms. The summed E-state index contributed by atoms with van der Waals surface area (Å²) in [6.07, 6.45) is 1.62. The van der Waals surface area contributed by atoms with Crippen LogP contribution in [0.15, 0.2) is 46.1 Å². The third-order valence-corrected chi connectivity index (χ3v) is 4.69. The van der Waals surface area contributed by atoms with E-state index in [0.29, 0.717) is 13.2 Å². The normalized spacial score (nSPS) is 15.1. The fraction of sp³-hybridized carbons (Fsp3) is 0.500. The molecule has 1 fully saturated rings. The number of guanidine groups is 1. The lowest BCUT2D eigenvalue weighted by Gasteiger charge is -2.36. The zero-order valence-electron chi connectivity index (χ0n) is 17.0. The molecular weight excluding hydrogens is 485 g/mol. The van der Waals surface area contributed by atoms with E-state index in [9.17, 15) is 0 Å². The highest BCUT2D eigenvalue weighted by Crippen LogP contribution is 2.13. The lowest BCUT2D eigenvalue weighted by Crippen LogP contribution is -2.52. The van der Waals surface area contributed by atoms with Crippen LogP contribution in [0.3, 0.4) is 0 Å². The van der Waals surface area contributed by atoms with Crippen LogP contribution in [0.2, 0.25) is 0 Å². The molecule has 1 aromatic carbocycles. The molecule has 1 aliphatic rings. The van der Waals surface area contributed by atoms with Crippen molar-refractivity contribution in [3.05, 3.63) is 47.9 Å². The number of methoxy groups -OCH3 is 1. The Morgan fingerprint density at radius 1 is 1.24 bits per heavy atom. The number of halogens is 1. The molecule has 0 unspecified atom stereocenters. The average Bonchev–Trinajstić information content (AvgIpc) is 3.25. The van der Waals surface area contributed by atoms with Gasteiger partial charge in [-0.05, 0) is 17.7 Å². The summed E-state index contributed by atoms with van der Waals surface area (Å²) >= 11 is 0. The predicted octanol–water partition coefficient (Wildman–Crippen LogP) is 2.21. The zero-order valence-corrected chi connectivity index (χ0v) is 19.4. The first-order valence-electron chi connectivity index (χ1n) is 9.56. The molecule has 29 heavy (non-hydrogen) atoms. The molecule has 2 aromatic rings. The van der Waals surface area contributed by atoms with Gasteiger partial charge < -0.3 is 24.2 Å². The fourth-order valence-corrected chi connectivity index (χ4v) is 3.19. The molecule has 2 heterocycles. The minimum absolute atomic E-state index is 0. The van der Waals surface area contributed by atoms with Crippen LogP contribution in [-0.2, 0) is 17.9 Å². The maximum atomic E-state index is 5.76. The molecule has 1 N–H and O–H groups in total. The molecule has 0 amide bonds. The first kappa shape index (κ1) is 23.4. The Labute approximate surface area is 189 Å². The average molecular weight is 515 g/mol. The van der Waals surface area contributed by atoms with Gasteiger partial charge in [0.25, 0.3) is 0 Å². The lowest BCUT2D eigenvalue weighted by molar-refractivity contribution is 0.123. The van der Waals surface area contributed by atoms with Gasteiger partial charge in [0.15, 0.2) is 5.96 Å². The van der Waals surface area contributed by atoms with E-state index < -0.39 is 0 Å². The van der Waals surface area contributed by atoms with Crippen molar-refractivity contribution in [1.82, 2.24) is 20.3 Å². The number of nitrogens with one attached hydrogen (secondary N) is 1. The third-order valence-electron chi connectivity index (χ3n) is 4.69. The van der Waals surface area contributed by atoms with Gasteiger partial charge in [0.1, 0.15) is 12.0 Å². The Morgan fingerprint density at radius 2 is 2.07 bits per heavy atom. The summed E-state index contributed by atoms with van der Waals surface area (Å²) < 4.78 is 15.9. The molecule has 160 valence electrons. The first-order chi connectivity index (χ1) is 13.8. The Kier molecular flexibility index (Phi) is 10.2. The first-order valence-corrected chi connectivity index (χ1v) is 9.56. The van der Waals surface area contributed by atoms with Gasteiger partial charge >= 0.3 is 0 Å². The van der Waals surface area contributed by atoms with Crippen LogP contribution in [0.1, 0.15) is 11.3 Å². The number of piperazine rings is 1. The highest BCUT2D eigenvalue weighted by molar-refractivity contribution is 14.0. The van der Waals surface area contributed by atoms with Crippen molar-refractivity contribution in [2.45, 2.75) is 13.2 Å². The fourth-order valence-electron chi connectivity index (χ4n) is 3.19. The zero-order chi connectivity index (χ0) is 19.6. The Morgan fingerprint density at radius 3 is 2.76 bits per heavy atom. The van der Waals surface area contributed by atoms with E-state index in [1.165, 1.54) is 0 Å². The highest BCUT2D eigenvalue weighted by Gasteiger charge is 2.20. The van der Waals surface area contributed by atoms with E-state index in [2.05, 4.69) is 25.3 Å². The summed E-state index contributed by atoms with van der Waals surface area (Å²) in [5, 5.41) is 7.37.